The number of aromatic nitrogens is 1. The number of hydrogen-bond donors (Lipinski definition) is 2. The second kappa shape index (κ2) is 13.7. The highest BCUT2D eigenvalue weighted by Crippen LogP contribution is 2.46. The summed E-state index contributed by atoms with van der Waals surface area (Å²) < 4.78 is 39.3. The zero-order valence-corrected chi connectivity index (χ0v) is 29.7. The summed E-state index contributed by atoms with van der Waals surface area (Å²) in [7, 11) is 1.55. The van der Waals surface area contributed by atoms with Gasteiger partial charge in [0, 0.05) is 55.6 Å². The van der Waals surface area contributed by atoms with Gasteiger partial charge in [0.05, 0.1) is 33.0 Å². The number of pyridine rings is 1. The normalized spacial score (nSPS) is 16.0. The standard InChI is InChI=1S/C38H33F2N5O5S2/c1-49-30-10-9-25(34(42-30)44-20-38(21-44)13-16-50-17-14-38)35(46)41-24-7-5-22(6-8-24)37(48)45-15-11-23-19-29(52-32(23)33-28(45)12-18-51-33)36(47)43-31-26(39)3-2-4-27(31)40/h2-10,12,18-19H,11,13-17,20-21H2,1H3,(H,41,46)(H,43,47). The first kappa shape index (κ1) is 33.9. The Morgan fingerprint density at radius 3 is 2.40 bits per heavy atom. The molecule has 6 heterocycles. The first-order valence-electron chi connectivity index (χ1n) is 16.8. The summed E-state index contributed by atoms with van der Waals surface area (Å²) in [6.07, 6.45) is 2.45. The molecule has 2 saturated heterocycles. The molecule has 3 aliphatic rings. The predicted octanol–water partition coefficient (Wildman–Crippen LogP) is 7.48. The fourth-order valence-corrected chi connectivity index (χ4v) is 9.20. The van der Waals surface area contributed by atoms with Crippen molar-refractivity contribution in [3.63, 3.8) is 0 Å². The molecular formula is C38H33F2N5O5S2. The first-order valence-corrected chi connectivity index (χ1v) is 18.5. The summed E-state index contributed by atoms with van der Waals surface area (Å²) in [5, 5.41) is 7.21. The lowest BCUT2D eigenvalue weighted by atomic mass is 9.73. The molecule has 0 unspecified atom stereocenters. The van der Waals surface area contributed by atoms with Crippen molar-refractivity contribution < 1.29 is 32.6 Å². The molecular weight excluding hydrogens is 709 g/mol. The van der Waals surface area contributed by atoms with Crippen molar-refractivity contribution in [2.24, 2.45) is 5.41 Å². The lowest BCUT2D eigenvalue weighted by Crippen LogP contribution is -2.59. The number of anilines is 4. The van der Waals surface area contributed by atoms with E-state index in [0.29, 0.717) is 52.0 Å². The van der Waals surface area contributed by atoms with Gasteiger partial charge in [0.1, 0.15) is 23.1 Å². The molecule has 3 aliphatic heterocycles. The molecule has 10 nitrogen and oxygen atoms in total. The van der Waals surface area contributed by atoms with Gasteiger partial charge in [-0.1, -0.05) is 6.07 Å². The van der Waals surface area contributed by atoms with E-state index in [2.05, 4.69) is 20.5 Å². The molecule has 1 spiro atoms. The van der Waals surface area contributed by atoms with Crippen LogP contribution in [0.2, 0.25) is 0 Å². The molecule has 8 rings (SSSR count). The van der Waals surface area contributed by atoms with E-state index >= 15 is 0 Å². The van der Waals surface area contributed by atoms with E-state index in [1.807, 2.05) is 11.4 Å². The number of ether oxygens (including phenoxy) is 2. The van der Waals surface area contributed by atoms with Gasteiger partial charge in [-0.2, -0.15) is 4.98 Å². The molecule has 2 fully saturated rings. The van der Waals surface area contributed by atoms with Gasteiger partial charge in [-0.25, -0.2) is 8.78 Å². The van der Waals surface area contributed by atoms with E-state index in [9.17, 15) is 23.2 Å². The second-order valence-electron chi connectivity index (χ2n) is 13.1. The van der Waals surface area contributed by atoms with Crippen LogP contribution in [-0.2, 0) is 11.2 Å². The number of carbonyl (C=O) groups excluding carboxylic acids is 3. The fraction of sp³-hybridized carbons (Fsp3) is 0.263. The number of hydrogen-bond acceptors (Lipinski definition) is 9. The van der Waals surface area contributed by atoms with Crippen LogP contribution in [0.15, 0.2) is 72.1 Å². The molecule has 3 aromatic heterocycles. The van der Waals surface area contributed by atoms with Crippen LogP contribution in [0.4, 0.5) is 31.7 Å². The van der Waals surface area contributed by atoms with Crippen molar-refractivity contribution in [2.75, 3.05) is 60.4 Å². The third-order valence-electron chi connectivity index (χ3n) is 9.82. The zero-order valence-electron chi connectivity index (χ0n) is 28.0. The number of halogens is 2. The van der Waals surface area contributed by atoms with E-state index in [1.165, 1.54) is 28.7 Å². The number of methoxy groups -OCH3 is 1. The Morgan fingerprint density at radius 1 is 0.923 bits per heavy atom. The van der Waals surface area contributed by atoms with Gasteiger partial charge in [0.25, 0.3) is 17.7 Å². The Bertz CT molecular complexity index is 2170. The van der Waals surface area contributed by atoms with Crippen LogP contribution in [0.1, 0.15) is 48.8 Å². The summed E-state index contributed by atoms with van der Waals surface area (Å²) in [6.45, 7) is 3.45. The molecule has 2 N–H and O–H groups in total. The van der Waals surface area contributed by atoms with Crippen molar-refractivity contribution in [1.29, 1.82) is 0 Å². The summed E-state index contributed by atoms with van der Waals surface area (Å²) in [5.41, 5.74) is 2.69. The van der Waals surface area contributed by atoms with Gasteiger partial charge in [-0.05, 0) is 84.8 Å². The van der Waals surface area contributed by atoms with Crippen LogP contribution in [0.3, 0.4) is 0 Å². The van der Waals surface area contributed by atoms with Crippen molar-refractivity contribution in [3.05, 3.63) is 105 Å². The Hall–Kier alpha value is -5.18. The summed E-state index contributed by atoms with van der Waals surface area (Å²) in [4.78, 5) is 50.9. The molecule has 0 atom stereocenters. The molecule has 52 heavy (non-hydrogen) atoms. The third-order valence-corrected chi connectivity index (χ3v) is 12.1. The minimum absolute atomic E-state index is 0.188. The number of fused-ring (bicyclic) bond motifs is 3. The highest BCUT2D eigenvalue weighted by Gasteiger charge is 2.45. The maximum Gasteiger partial charge on any atom is 0.265 e. The third kappa shape index (κ3) is 6.31. The van der Waals surface area contributed by atoms with Gasteiger partial charge in [0.15, 0.2) is 0 Å². The molecule has 14 heteroatoms. The molecule has 0 aliphatic carbocycles. The summed E-state index contributed by atoms with van der Waals surface area (Å²) >= 11 is 2.67. The Kier molecular flexibility index (Phi) is 8.97. The maximum atomic E-state index is 14.2. The average Bonchev–Trinajstić information content (AvgIpc) is 3.77. The van der Waals surface area contributed by atoms with Crippen LogP contribution in [0, 0.1) is 17.0 Å². The SMILES string of the molecule is COc1ccc(C(=O)Nc2ccc(C(=O)N3CCc4cc(C(=O)Nc5c(F)cccc5F)sc4-c4sccc43)cc2)c(N2CC3(CCOCC3)C2)n1. The van der Waals surface area contributed by atoms with Crippen molar-refractivity contribution in [1.82, 2.24) is 4.98 Å². The van der Waals surface area contributed by atoms with Gasteiger partial charge in [0.2, 0.25) is 5.88 Å². The average molecular weight is 742 g/mol. The number of amides is 3. The summed E-state index contributed by atoms with van der Waals surface area (Å²) in [5.74, 6) is -1.83. The Labute approximate surface area is 306 Å². The Balaban J connectivity index is 0.962. The van der Waals surface area contributed by atoms with Gasteiger partial charge < -0.3 is 29.9 Å². The Morgan fingerprint density at radius 2 is 1.67 bits per heavy atom. The van der Waals surface area contributed by atoms with E-state index < -0.39 is 23.2 Å². The minimum atomic E-state index is -0.855. The number of nitrogens with one attached hydrogen (secondary N) is 2. The summed E-state index contributed by atoms with van der Waals surface area (Å²) in [6, 6.07) is 17.2. The number of rotatable bonds is 7. The second-order valence-corrected chi connectivity index (χ2v) is 15.1. The minimum Gasteiger partial charge on any atom is -0.481 e. The predicted molar refractivity (Wildman–Crippen MR) is 197 cm³/mol. The highest BCUT2D eigenvalue weighted by atomic mass is 32.1. The molecule has 0 radical (unpaired) electrons. The molecule has 0 saturated carbocycles. The number of carbonyl (C=O) groups is 3. The molecule has 5 aromatic rings. The smallest absolute Gasteiger partial charge is 0.265 e. The number of para-hydroxylation sites is 1. The van der Waals surface area contributed by atoms with Crippen LogP contribution in [0.25, 0.3) is 9.75 Å². The van der Waals surface area contributed by atoms with Crippen LogP contribution >= 0.6 is 22.7 Å². The zero-order chi connectivity index (χ0) is 36.0. The maximum absolute atomic E-state index is 14.2. The number of nitrogens with zero attached hydrogens (tertiary/aromatic N) is 3. The van der Waals surface area contributed by atoms with Gasteiger partial charge >= 0.3 is 0 Å². The molecule has 266 valence electrons. The monoisotopic (exact) mass is 741 g/mol. The van der Waals surface area contributed by atoms with E-state index in [-0.39, 0.29) is 17.2 Å². The van der Waals surface area contributed by atoms with E-state index in [0.717, 1.165) is 66.6 Å². The van der Waals surface area contributed by atoms with Crippen molar-refractivity contribution in [2.45, 2.75) is 19.3 Å². The van der Waals surface area contributed by atoms with Crippen LogP contribution in [-0.4, -0.2) is 62.7 Å². The van der Waals surface area contributed by atoms with Gasteiger partial charge in [-0.3, -0.25) is 14.4 Å². The van der Waals surface area contributed by atoms with Crippen LogP contribution in [0.5, 0.6) is 5.88 Å². The number of benzene rings is 2. The van der Waals surface area contributed by atoms with Gasteiger partial charge in [-0.15, -0.1) is 22.7 Å². The fourth-order valence-electron chi connectivity index (χ4n) is 7.01. The van der Waals surface area contributed by atoms with Crippen LogP contribution < -0.4 is 25.2 Å². The molecule has 0 bridgehead atoms. The highest BCUT2D eigenvalue weighted by molar-refractivity contribution is 7.23. The lowest BCUT2D eigenvalue weighted by Gasteiger charge is -2.53. The number of thiophene rings is 2. The quantitative estimate of drug-likeness (QED) is 0.178. The van der Waals surface area contributed by atoms with E-state index in [4.69, 9.17) is 9.47 Å². The molecule has 2 aromatic carbocycles. The largest absolute Gasteiger partial charge is 0.481 e. The topological polar surface area (TPSA) is 113 Å². The van der Waals surface area contributed by atoms with Crippen molar-refractivity contribution >= 4 is 63.3 Å². The van der Waals surface area contributed by atoms with Crippen molar-refractivity contribution in [3.8, 4) is 15.6 Å². The van der Waals surface area contributed by atoms with E-state index in [1.54, 1.807) is 54.5 Å². The molecule has 3 amide bonds. The lowest BCUT2D eigenvalue weighted by molar-refractivity contribution is -0.000540. The first-order chi connectivity index (χ1) is 25.2.